The molecule has 0 spiro atoms. The number of ketones is 1. The summed E-state index contributed by atoms with van der Waals surface area (Å²) in [6.07, 6.45) is 0.876. The Kier molecular flexibility index (Phi) is 4.83. The number of benzene rings is 2. The molecule has 0 unspecified atom stereocenters. The lowest BCUT2D eigenvalue weighted by molar-refractivity contribution is -0.130. The van der Waals surface area contributed by atoms with Crippen LogP contribution in [0.15, 0.2) is 48.5 Å². The van der Waals surface area contributed by atoms with Crippen LogP contribution in [0.2, 0.25) is 5.02 Å². The van der Waals surface area contributed by atoms with E-state index >= 15 is 0 Å². The molecule has 3 rings (SSSR count). The third-order valence-corrected chi connectivity index (χ3v) is 4.93. The average molecular weight is 371 g/mol. The van der Waals surface area contributed by atoms with Crippen LogP contribution in [-0.4, -0.2) is 29.2 Å². The first kappa shape index (κ1) is 18.1. The molecule has 1 N–H and O–H groups in total. The van der Waals surface area contributed by atoms with Crippen molar-refractivity contribution in [1.82, 2.24) is 10.2 Å². The highest BCUT2D eigenvalue weighted by molar-refractivity contribution is 6.30. The summed E-state index contributed by atoms with van der Waals surface area (Å²) in [6.45, 7) is 3.36. The first-order valence-corrected chi connectivity index (χ1v) is 8.75. The van der Waals surface area contributed by atoms with Crippen molar-refractivity contribution < 1.29 is 14.4 Å². The van der Waals surface area contributed by atoms with Gasteiger partial charge in [-0.2, -0.15) is 0 Å². The van der Waals surface area contributed by atoms with Crippen LogP contribution in [-0.2, 0) is 16.8 Å². The van der Waals surface area contributed by atoms with Gasteiger partial charge in [0, 0.05) is 10.6 Å². The number of hydrogen-bond acceptors (Lipinski definition) is 3. The average Bonchev–Trinajstić information content (AvgIpc) is 2.86. The van der Waals surface area contributed by atoms with E-state index < -0.39 is 17.5 Å². The van der Waals surface area contributed by atoms with Gasteiger partial charge in [0.25, 0.3) is 5.91 Å². The van der Waals surface area contributed by atoms with Gasteiger partial charge >= 0.3 is 6.03 Å². The van der Waals surface area contributed by atoms with E-state index in [1.165, 1.54) is 0 Å². The largest absolute Gasteiger partial charge is 0.325 e. The number of amides is 3. The SMILES string of the molecule is CCc1ccc(C(=O)CN2C(=O)N[C@](C)(c3ccc(Cl)cc3)C2=O)cc1. The zero-order chi connectivity index (χ0) is 18.9. The molecule has 26 heavy (non-hydrogen) atoms. The molecule has 1 saturated heterocycles. The minimum atomic E-state index is -1.21. The third kappa shape index (κ3) is 3.22. The first-order valence-electron chi connectivity index (χ1n) is 8.37. The third-order valence-electron chi connectivity index (χ3n) is 4.68. The standard InChI is InChI=1S/C20H19ClN2O3/c1-3-13-4-6-14(7-5-13)17(24)12-23-18(25)20(2,22-19(23)26)15-8-10-16(21)11-9-15/h4-11H,3,12H2,1-2H3,(H,22,26)/t20-/m1/s1. The van der Waals surface area contributed by atoms with Gasteiger partial charge in [0.2, 0.25) is 0 Å². The number of nitrogens with one attached hydrogen (secondary N) is 1. The van der Waals surface area contributed by atoms with Gasteiger partial charge in [-0.25, -0.2) is 4.79 Å². The summed E-state index contributed by atoms with van der Waals surface area (Å²) in [5, 5.41) is 3.22. The second kappa shape index (κ2) is 6.92. The van der Waals surface area contributed by atoms with Crippen LogP contribution in [0.4, 0.5) is 4.79 Å². The maximum absolute atomic E-state index is 12.8. The smallest absolute Gasteiger partial charge is 0.319 e. The number of carbonyl (C=O) groups excluding carboxylic acids is 3. The van der Waals surface area contributed by atoms with E-state index in [1.54, 1.807) is 43.3 Å². The van der Waals surface area contributed by atoms with Crippen LogP contribution in [0.25, 0.3) is 0 Å². The second-order valence-electron chi connectivity index (χ2n) is 6.43. The summed E-state index contributed by atoms with van der Waals surface area (Å²) in [7, 11) is 0. The van der Waals surface area contributed by atoms with Gasteiger partial charge in [0.05, 0.1) is 6.54 Å². The molecule has 0 aliphatic carbocycles. The Hall–Kier alpha value is -2.66. The molecule has 1 heterocycles. The van der Waals surface area contributed by atoms with Gasteiger partial charge in [0.15, 0.2) is 5.78 Å². The summed E-state index contributed by atoms with van der Waals surface area (Å²) in [6, 6.07) is 13.3. The Morgan fingerprint density at radius 1 is 1.08 bits per heavy atom. The molecule has 1 atom stereocenters. The molecule has 5 nitrogen and oxygen atoms in total. The lowest BCUT2D eigenvalue weighted by Crippen LogP contribution is -2.41. The van der Waals surface area contributed by atoms with E-state index in [-0.39, 0.29) is 12.3 Å². The van der Waals surface area contributed by atoms with E-state index in [0.29, 0.717) is 16.1 Å². The Morgan fingerprint density at radius 2 is 1.69 bits per heavy atom. The lowest BCUT2D eigenvalue weighted by atomic mass is 9.92. The first-order chi connectivity index (χ1) is 12.3. The zero-order valence-electron chi connectivity index (χ0n) is 14.6. The number of halogens is 1. The minimum Gasteiger partial charge on any atom is -0.319 e. The molecule has 3 amide bonds. The van der Waals surface area contributed by atoms with Crippen LogP contribution in [0.1, 0.15) is 35.3 Å². The number of nitrogens with zero attached hydrogens (tertiary/aromatic N) is 1. The highest BCUT2D eigenvalue weighted by Gasteiger charge is 2.49. The van der Waals surface area contributed by atoms with Gasteiger partial charge in [-0.1, -0.05) is 54.9 Å². The molecule has 1 aliphatic heterocycles. The molecular formula is C20H19ClN2O3. The predicted molar refractivity (Wildman–Crippen MR) is 99.2 cm³/mol. The van der Waals surface area contributed by atoms with E-state index in [1.807, 2.05) is 19.1 Å². The van der Waals surface area contributed by atoms with E-state index in [9.17, 15) is 14.4 Å². The maximum Gasteiger partial charge on any atom is 0.325 e. The van der Waals surface area contributed by atoms with Gasteiger partial charge in [-0.05, 0) is 36.6 Å². The van der Waals surface area contributed by atoms with Crippen LogP contribution in [0, 0.1) is 0 Å². The molecule has 1 aliphatic rings. The molecule has 0 bridgehead atoms. The highest BCUT2D eigenvalue weighted by atomic mass is 35.5. The summed E-state index contributed by atoms with van der Waals surface area (Å²) in [5.41, 5.74) is 0.992. The van der Waals surface area contributed by atoms with Crippen molar-refractivity contribution >= 4 is 29.3 Å². The van der Waals surface area contributed by atoms with Crippen molar-refractivity contribution in [2.24, 2.45) is 0 Å². The number of rotatable bonds is 5. The number of Topliss-reactive ketones (excluding diaryl/α,β-unsaturated/α-hetero) is 1. The Morgan fingerprint density at radius 3 is 2.27 bits per heavy atom. The Balaban J connectivity index is 1.80. The highest BCUT2D eigenvalue weighted by Crippen LogP contribution is 2.29. The van der Waals surface area contributed by atoms with E-state index in [0.717, 1.165) is 16.9 Å². The Labute approximate surface area is 156 Å². The zero-order valence-corrected chi connectivity index (χ0v) is 15.3. The van der Waals surface area contributed by atoms with Crippen molar-refractivity contribution in [3.8, 4) is 0 Å². The fourth-order valence-corrected chi connectivity index (χ4v) is 3.11. The summed E-state index contributed by atoms with van der Waals surface area (Å²) < 4.78 is 0. The van der Waals surface area contributed by atoms with Crippen molar-refractivity contribution in [3.63, 3.8) is 0 Å². The van der Waals surface area contributed by atoms with Gasteiger partial charge in [-0.15, -0.1) is 0 Å². The fourth-order valence-electron chi connectivity index (χ4n) is 2.98. The molecular weight excluding hydrogens is 352 g/mol. The van der Waals surface area contributed by atoms with Gasteiger partial charge in [-0.3, -0.25) is 14.5 Å². The van der Waals surface area contributed by atoms with Crippen molar-refractivity contribution in [1.29, 1.82) is 0 Å². The molecule has 134 valence electrons. The maximum atomic E-state index is 12.8. The molecule has 0 aromatic heterocycles. The van der Waals surface area contributed by atoms with Crippen LogP contribution >= 0.6 is 11.6 Å². The number of carbonyl (C=O) groups is 3. The summed E-state index contributed by atoms with van der Waals surface area (Å²) >= 11 is 5.89. The molecule has 2 aromatic rings. The van der Waals surface area contributed by atoms with Crippen LogP contribution in [0.3, 0.4) is 0 Å². The topological polar surface area (TPSA) is 66.5 Å². The van der Waals surface area contributed by atoms with Crippen molar-refractivity contribution in [3.05, 3.63) is 70.2 Å². The lowest BCUT2D eigenvalue weighted by Gasteiger charge is -2.22. The van der Waals surface area contributed by atoms with Gasteiger partial charge < -0.3 is 5.32 Å². The van der Waals surface area contributed by atoms with Crippen molar-refractivity contribution in [2.45, 2.75) is 25.8 Å². The number of hydrogen-bond donors (Lipinski definition) is 1. The fraction of sp³-hybridized carbons (Fsp3) is 0.250. The molecule has 1 fully saturated rings. The summed E-state index contributed by atoms with van der Waals surface area (Å²) in [5.74, 6) is -0.736. The van der Waals surface area contributed by atoms with Crippen molar-refractivity contribution in [2.75, 3.05) is 6.54 Å². The second-order valence-corrected chi connectivity index (χ2v) is 6.86. The quantitative estimate of drug-likeness (QED) is 0.646. The number of imide groups is 1. The van der Waals surface area contributed by atoms with E-state index in [4.69, 9.17) is 11.6 Å². The van der Waals surface area contributed by atoms with Gasteiger partial charge in [0.1, 0.15) is 5.54 Å². The normalized spacial score (nSPS) is 19.6. The molecule has 2 aromatic carbocycles. The number of urea groups is 1. The summed E-state index contributed by atoms with van der Waals surface area (Å²) in [4.78, 5) is 38.6. The predicted octanol–water partition coefficient (Wildman–Crippen LogP) is 3.55. The molecule has 6 heteroatoms. The molecule has 0 radical (unpaired) electrons. The minimum absolute atomic E-state index is 0.281. The van der Waals surface area contributed by atoms with Crippen LogP contribution in [0.5, 0.6) is 0 Å². The monoisotopic (exact) mass is 370 g/mol. The molecule has 0 saturated carbocycles. The van der Waals surface area contributed by atoms with Crippen LogP contribution < -0.4 is 5.32 Å². The Bertz CT molecular complexity index is 862. The van der Waals surface area contributed by atoms with E-state index in [2.05, 4.69) is 5.32 Å². The number of aryl methyl sites for hydroxylation is 1.